The lowest BCUT2D eigenvalue weighted by Crippen LogP contribution is -2.23. The van der Waals surface area contributed by atoms with E-state index in [1.165, 1.54) is 41.3 Å². The molecule has 0 radical (unpaired) electrons. The molecule has 0 unspecified atom stereocenters. The van der Waals surface area contributed by atoms with Crippen LogP contribution in [0.5, 0.6) is 0 Å². The van der Waals surface area contributed by atoms with Gasteiger partial charge < -0.3 is 4.74 Å². The topological polar surface area (TPSA) is 46.6 Å². The number of cyclic esters (lactones) is 1. The molecular weight excluding hydrogens is 379 g/mol. The quantitative estimate of drug-likeness (QED) is 0.400. The minimum absolute atomic E-state index is 0.0798. The van der Waals surface area contributed by atoms with Crippen molar-refractivity contribution in [3.05, 3.63) is 65.7 Å². The second-order valence-electron chi connectivity index (χ2n) is 5.63. The van der Waals surface area contributed by atoms with E-state index >= 15 is 0 Å². The first kappa shape index (κ1) is 19.0. The van der Waals surface area contributed by atoms with Gasteiger partial charge in [0.15, 0.2) is 5.78 Å². The Hall–Kier alpha value is -2.74. The van der Waals surface area contributed by atoms with Crippen LogP contribution in [0.1, 0.15) is 15.9 Å². The lowest BCUT2D eigenvalue weighted by atomic mass is 10.1. The molecule has 3 rings (SSSR count). The predicted octanol–water partition coefficient (Wildman–Crippen LogP) is 5.15. The minimum Gasteiger partial charge on any atom is -0.447 e. The van der Waals surface area contributed by atoms with Gasteiger partial charge in [0, 0.05) is 16.1 Å². The Bertz CT molecular complexity index is 879. The number of carbonyl (C=O) groups excluding carboxylic acids is 2. The predicted molar refractivity (Wildman–Crippen MR) is 96.9 cm³/mol. The van der Waals surface area contributed by atoms with Crippen molar-refractivity contribution >= 4 is 35.4 Å². The molecule has 0 bridgehead atoms. The van der Waals surface area contributed by atoms with Crippen molar-refractivity contribution in [1.29, 1.82) is 0 Å². The van der Waals surface area contributed by atoms with Crippen LogP contribution in [0.2, 0.25) is 0 Å². The van der Waals surface area contributed by atoms with Gasteiger partial charge in [0.25, 0.3) is 0 Å². The number of allylic oxidation sites excluding steroid dienone is 1. The second-order valence-corrected chi connectivity index (χ2v) is 6.77. The molecule has 1 saturated heterocycles. The summed E-state index contributed by atoms with van der Waals surface area (Å²) in [6.07, 6.45) is 2.42. The molecule has 0 aliphatic carbocycles. The summed E-state index contributed by atoms with van der Waals surface area (Å²) < 4.78 is 41.9. The zero-order valence-corrected chi connectivity index (χ0v) is 14.7. The summed E-state index contributed by atoms with van der Waals surface area (Å²) in [7, 11) is 0. The molecule has 0 aromatic heterocycles. The van der Waals surface area contributed by atoms with Gasteiger partial charge in [0.05, 0.1) is 6.54 Å². The molecule has 0 N–H and O–H groups in total. The van der Waals surface area contributed by atoms with Gasteiger partial charge in [-0.1, -0.05) is 30.3 Å². The van der Waals surface area contributed by atoms with E-state index in [2.05, 4.69) is 0 Å². The van der Waals surface area contributed by atoms with Crippen molar-refractivity contribution in [3.63, 3.8) is 0 Å². The van der Waals surface area contributed by atoms with E-state index in [-0.39, 0.29) is 22.4 Å². The number of alkyl halides is 3. The van der Waals surface area contributed by atoms with Gasteiger partial charge >= 0.3 is 11.6 Å². The fraction of sp³-hybridized carbons (Fsp3) is 0.158. The van der Waals surface area contributed by atoms with Crippen LogP contribution in [0.4, 0.5) is 23.7 Å². The molecule has 1 fully saturated rings. The number of hydrogen-bond acceptors (Lipinski definition) is 4. The molecule has 1 aliphatic rings. The van der Waals surface area contributed by atoms with E-state index in [4.69, 9.17) is 4.74 Å². The number of amides is 1. The zero-order valence-electron chi connectivity index (χ0n) is 13.9. The number of hydrogen-bond donors (Lipinski definition) is 0. The molecular formula is C19H14F3NO3S. The highest BCUT2D eigenvalue weighted by molar-refractivity contribution is 8.00. The minimum atomic E-state index is -4.33. The Morgan fingerprint density at radius 1 is 1.15 bits per heavy atom. The van der Waals surface area contributed by atoms with Crippen molar-refractivity contribution in [2.75, 3.05) is 18.1 Å². The average Bonchev–Trinajstić information content (AvgIpc) is 3.06. The van der Waals surface area contributed by atoms with Crippen LogP contribution in [0.25, 0.3) is 6.08 Å². The van der Waals surface area contributed by atoms with E-state index in [0.717, 1.165) is 0 Å². The smallest absolute Gasteiger partial charge is 0.446 e. The van der Waals surface area contributed by atoms with Gasteiger partial charge in [-0.05, 0) is 47.7 Å². The summed E-state index contributed by atoms with van der Waals surface area (Å²) in [5, 5.41) is 0. The maximum absolute atomic E-state index is 12.3. The SMILES string of the molecule is O=C(C=Cc1ccc(SC(F)(F)F)cc1)c1cccc(N2CCOC2=O)c1. The van der Waals surface area contributed by atoms with E-state index in [0.29, 0.717) is 30.0 Å². The van der Waals surface area contributed by atoms with Crippen LogP contribution in [0.3, 0.4) is 0 Å². The van der Waals surface area contributed by atoms with Gasteiger partial charge in [0.2, 0.25) is 0 Å². The Kier molecular flexibility index (Phi) is 5.55. The number of benzene rings is 2. The van der Waals surface area contributed by atoms with Gasteiger partial charge in [-0.3, -0.25) is 9.69 Å². The van der Waals surface area contributed by atoms with E-state index < -0.39 is 11.6 Å². The first-order valence-corrected chi connectivity index (χ1v) is 8.76. The molecule has 1 aliphatic heterocycles. The molecule has 4 nitrogen and oxygen atoms in total. The Morgan fingerprint density at radius 2 is 1.89 bits per heavy atom. The van der Waals surface area contributed by atoms with E-state index in [9.17, 15) is 22.8 Å². The summed E-state index contributed by atoms with van der Waals surface area (Å²) >= 11 is -0.189. The van der Waals surface area contributed by atoms with E-state index in [1.807, 2.05) is 0 Å². The summed E-state index contributed by atoms with van der Waals surface area (Å²) in [6, 6.07) is 12.3. The van der Waals surface area contributed by atoms with Crippen LogP contribution in [-0.4, -0.2) is 30.5 Å². The van der Waals surface area contributed by atoms with Gasteiger partial charge in [0.1, 0.15) is 6.61 Å². The molecule has 0 atom stereocenters. The normalized spacial score (nSPS) is 14.6. The van der Waals surface area contributed by atoms with Crippen LogP contribution < -0.4 is 4.90 Å². The second kappa shape index (κ2) is 7.87. The van der Waals surface area contributed by atoms with Crippen LogP contribution >= 0.6 is 11.8 Å². The summed E-state index contributed by atoms with van der Waals surface area (Å²) in [5.74, 6) is -0.279. The maximum atomic E-state index is 12.3. The lowest BCUT2D eigenvalue weighted by Gasteiger charge is -2.13. The third-order valence-corrected chi connectivity index (χ3v) is 4.48. The van der Waals surface area contributed by atoms with Crippen molar-refractivity contribution in [3.8, 4) is 0 Å². The Labute approximate surface area is 157 Å². The lowest BCUT2D eigenvalue weighted by molar-refractivity contribution is -0.0328. The number of halogens is 3. The molecule has 0 spiro atoms. The first-order valence-electron chi connectivity index (χ1n) is 7.94. The number of thioether (sulfide) groups is 1. The third kappa shape index (κ3) is 5.13. The molecule has 2 aromatic rings. The number of ether oxygens (including phenoxy) is 1. The van der Waals surface area contributed by atoms with Crippen molar-refractivity contribution in [1.82, 2.24) is 0 Å². The largest absolute Gasteiger partial charge is 0.447 e. The number of nitrogens with zero attached hydrogens (tertiary/aromatic N) is 1. The van der Waals surface area contributed by atoms with Crippen LogP contribution in [0.15, 0.2) is 59.5 Å². The van der Waals surface area contributed by atoms with Gasteiger partial charge in [-0.2, -0.15) is 13.2 Å². The van der Waals surface area contributed by atoms with Crippen molar-refractivity contribution in [2.24, 2.45) is 0 Å². The first-order chi connectivity index (χ1) is 12.8. The van der Waals surface area contributed by atoms with Crippen LogP contribution in [0, 0.1) is 0 Å². The van der Waals surface area contributed by atoms with Gasteiger partial charge in [-0.25, -0.2) is 4.79 Å². The summed E-state index contributed by atoms with van der Waals surface area (Å²) in [5.41, 5.74) is -2.76. The fourth-order valence-corrected chi connectivity index (χ4v) is 3.04. The number of anilines is 1. The zero-order chi connectivity index (χ0) is 19.4. The van der Waals surface area contributed by atoms with Crippen molar-refractivity contribution in [2.45, 2.75) is 10.4 Å². The molecule has 2 aromatic carbocycles. The van der Waals surface area contributed by atoms with Crippen molar-refractivity contribution < 1.29 is 27.5 Å². The fourth-order valence-electron chi connectivity index (χ4n) is 2.50. The Balaban J connectivity index is 1.69. The molecule has 1 amide bonds. The molecule has 140 valence electrons. The summed E-state index contributed by atoms with van der Waals surface area (Å²) in [6.45, 7) is 0.730. The van der Waals surface area contributed by atoms with Gasteiger partial charge in [-0.15, -0.1) is 0 Å². The molecule has 8 heteroatoms. The molecule has 27 heavy (non-hydrogen) atoms. The maximum Gasteiger partial charge on any atom is 0.446 e. The Morgan fingerprint density at radius 3 is 2.52 bits per heavy atom. The van der Waals surface area contributed by atoms with Crippen LogP contribution in [-0.2, 0) is 4.74 Å². The highest BCUT2D eigenvalue weighted by Crippen LogP contribution is 2.36. The average molecular weight is 393 g/mol. The molecule has 0 saturated carbocycles. The molecule has 1 heterocycles. The van der Waals surface area contributed by atoms with E-state index in [1.54, 1.807) is 24.3 Å². The number of carbonyl (C=O) groups is 2. The highest BCUT2D eigenvalue weighted by atomic mass is 32.2. The summed E-state index contributed by atoms with van der Waals surface area (Å²) in [4.78, 5) is 25.5. The standard InChI is InChI=1S/C19H14F3NO3S/c20-19(21,22)27-16-7-4-13(5-8-16)6-9-17(24)14-2-1-3-15(12-14)23-10-11-26-18(23)25/h1-9,12H,10-11H2. The monoisotopic (exact) mass is 393 g/mol. The number of rotatable bonds is 5. The highest BCUT2D eigenvalue weighted by Gasteiger charge is 2.29. The number of ketones is 1. The third-order valence-electron chi connectivity index (χ3n) is 3.74.